The number of imidazole rings is 1. The molecule has 2 aromatic heterocycles. The second-order valence-electron chi connectivity index (χ2n) is 6.68. The van der Waals surface area contributed by atoms with Crippen LogP contribution in [0.25, 0.3) is 11.2 Å². The van der Waals surface area contributed by atoms with E-state index in [9.17, 15) is 9.59 Å². The van der Waals surface area contributed by atoms with Gasteiger partial charge in [-0.05, 0) is 19.8 Å². The summed E-state index contributed by atoms with van der Waals surface area (Å²) in [5, 5.41) is 0. The number of ether oxygens (including phenoxy) is 2. The molecule has 0 aromatic carbocycles. The van der Waals surface area contributed by atoms with Crippen LogP contribution in [0.4, 0.5) is 0 Å². The third-order valence-corrected chi connectivity index (χ3v) is 4.78. The molecule has 0 fully saturated rings. The summed E-state index contributed by atoms with van der Waals surface area (Å²) in [5.41, 5.74) is 0.252. The first-order valence-electron chi connectivity index (χ1n) is 9.21. The van der Waals surface area contributed by atoms with Gasteiger partial charge in [0, 0.05) is 27.3 Å². The molecule has 0 radical (unpaired) electrons. The van der Waals surface area contributed by atoms with Gasteiger partial charge in [-0.1, -0.05) is 26.7 Å². The van der Waals surface area contributed by atoms with Gasteiger partial charge in [0.1, 0.15) is 0 Å². The Hall–Kier alpha value is -1.93. The number of fused-ring (bicyclic) bond motifs is 1. The average Bonchev–Trinajstić information content (AvgIpc) is 3.04. The van der Waals surface area contributed by atoms with E-state index in [1.54, 1.807) is 36.6 Å². The maximum atomic E-state index is 13.0. The van der Waals surface area contributed by atoms with E-state index in [0.29, 0.717) is 30.8 Å². The zero-order chi connectivity index (χ0) is 19.3. The standard InChI is InChI=1S/C18H30N4O4/c1-6-8-10-21-15-14(16(23)22(17(21)24)11-9-7-2)20(13-19-15)12-18(3,25-4)26-5/h13H,6-12H2,1-5H3. The topological polar surface area (TPSA) is 80.3 Å². The molecule has 0 N–H and O–H groups in total. The van der Waals surface area contributed by atoms with Crippen molar-refractivity contribution in [1.82, 2.24) is 18.7 Å². The van der Waals surface area contributed by atoms with Crippen LogP contribution in [0.15, 0.2) is 15.9 Å². The van der Waals surface area contributed by atoms with Gasteiger partial charge in [-0.15, -0.1) is 0 Å². The van der Waals surface area contributed by atoms with E-state index in [0.717, 1.165) is 25.7 Å². The largest absolute Gasteiger partial charge is 0.352 e. The summed E-state index contributed by atoms with van der Waals surface area (Å²) in [6.45, 7) is 7.14. The minimum Gasteiger partial charge on any atom is -0.352 e. The van der Waals surface area contributed by atoms with Gasteiger partial charge in [0.2, 0.25) is 0 Å². The molecule has 2 rings (SSSR count). The smallest absolute Gasteiger partial charge is 0.332 e. The van der Waals surface area contributed by atoms with E-state index in [-0.39, 0.29) is 11.2 Å². The molecule has 0 saturated carbocycles. The maximum absolute atomic E-state index is 13.0. The van der Waals surface area contributed by atoms with Gasteiger partial charge in [0.15, 0.2) is 17.0 Å². The average molecular weight is 366 g/mol. The molecule has 0 saturated heterocycles. The predicted octanol–water partition coefficient (Wildman–Crippen LogP) is 1.97. The van der Waals surface area contributed by atoms with E-state index in [4.69, 9.17) is 9.47 Å². The highest BCUT2D eigenvalue weighted by atomic mass is 16.7. The highest BCUT2D eigenvalue weighted by Crippen LogP contribution is 2.16. The molecule has 146 valence electrons. The molecule has 8 heteroatoms. The number of rotatable bonds is 10. The van der Waals surface area contributed by atoms with Gasteiger partial charge in [0.05, 0.1) is 12.9 Å². The molecule has 0 aliphatic carbocycles. The van der Waals surface area contributed by atoms with Crippen molar-refractivity contribution in [2.24, 2.45) is 0 Å². The SMILES string of the molecule is CCCCn1c(=O)c2c(ncn2CC(C)(OC)OC)n(CCCC)c1=O. The first-order valence-corrected chi connectivity index (χ1v) is 9.21. The quantitative estimate of drug-likeness (QED) is 0.601. The van der Waals surface area contributed by atoms with Crippen molar-refractivity contribution in [2.75, 3.05) is 14.2 Å². The monoisotopic (exact) mass is 366 g/mol. The molecule has 0 bridgehead atoms. The Morgan fingerprint density at radius 2 is 1.62 bits per heavy atom. The minimum absolute atomic E-state index is 0.282. The number of unbranched alkanes of at least 4 members (excludes halogenated alkanes) is 2. The lowest BCUT2D eigenvalue weighted by atomic mass is 10.3. The van der Waals surface area contributed by atoms with Gasteiger partial charge >= 0.3 is 5.69 Å². The van der Waals surface area contributed by atoms with Crippen molar-refractivity contribution in [3.63, 3.8) is 0 Å². The molecule has 2 aromatic rings. The molecule has 0 spiro atoms. The minimum atomic E-state index is -0.890. The van der Waals surface area contributed by atoms with Crippen LogP contribution in [0.1, 0.15) is 46.5 Å². The van der Waals surface area contributed by atoms with E-state index >= 15 is 0 Å². The van der Waals surface area contributed by atoms with Crippen molar-refractivity contribution >= 4 is 11.2 Å². The predicted molar refractivity (Wildman–Crippen MR) is 100 cm³/mol. The molecule has 8 nitrogen and oxygen atoms in total. The molecule has 26 heavy (non-hydrogen) atoms. The van der Waals surface area contributed by atoms with Gasteiger partial charge in [-0.3, -0.25) is 13.9 Å². The summed E-state index contributed by atoms with van der Waals surface area (Å²) in [7, 11) is 3.11. The Morgan fingerprint density at radius 3 is 2.15 bits per heavy atom. The Morgan fingerprint density at radius 1 is 1.04 bits per heavy atom. The lowest BCUT2D eigenvalue weighted by molar-refractivity contribution is -0.201. The van der Waals surface area contributed by atoms with Crippen LogP contribution in [-0.2, 0) is 29.1 Å². The normalized spacial score (nSPS) is 12.2. The van der Waals surface area contributed by atoms with E-state index in [2.05, 4.69) is 11.9 Å². The van der Waals surface area contributed by atoms with Crippen LogP contribution in [0.5, 0.6) is 0 Å². The number of hydrogen-bond acceptors (Lipinski definition) is 5. The fourth-order valence-electron chi connectivity index (χ4n) is 2.91. The summed E-state index contributed by atoms with van der Waals surface area (Å²) in [6, 6.07) is 0. The van der Waals surface area contributed by atoms with Crippen LogP contribution in [0.2, 0.25) is 0 Å². The first-order chi connectivity index (χ1) is 12.4. The maximum Gasteiger partial charge on any atom is 0.332 e. The van der Waals surface area contributed by atoms with Crippen LogP contribution >= 0.6 is 0 Å². The number of aromatic nitrogens is 4. The van der Waals surface area contributed by atoms with E-state index in [1.165, 1.54) is 4.57 Å². The third-order valence-electron chi connectivity index (χ3n) is 4.78. The van der Waals surface area contributed by atoms with Gasteiger partial charge < -0.3 is 14.0 Å². The Kier molecular flexibility index (Phi) is 6.77. The van der Waals surface area contributed by atoms with Crippen LogP contribution in [0.3, 0.4) is 0 Å². The van der Waals surface area contributed by atoms with Crippen molar-refractivity contribution in [3.8, 4) is 0 Å². The fourth-order valence-corrected chi connectivity index (χ4v) is 2.91. The number of aryl methyl sites for hydroxylation is 1. The zero-order valence-corrected chi connectivity index (χ0v) is 16.4. The zero-order valence-electron chi connectivity index (χ0n) is 16.4. The highest BCUT2D eigenvalue weighted by Gasteiger charge is 2.26. The van der Waals surface area contributed by atoms with E-state index < -0.39 is 5.79 Å². The number of nitrogens with zero attached hydrogens (tertiary/aromatic N) is 4. The molecule has 0 unspecified atom stereocenters. The van der Waals surface area contributed by atoms with Gasteiger partial charge in [-0.25, -0.2) is 9.78 Å². The molecule has 2 heterocycles. The summed E-state index contributed by atoms with van der Waals surface area (Å²) >= 11 is 0. The summed E-state index contributed by atoms with van der Waals surface area (Å²) < 4.78 is 15.5. The van der Waals surface area contributed by atoms with Gasteiger partial charge in [-0.2, -0.15) is 0 Å². The van der Waals surface area contributed by atoms with Crippen molar-refractivity contribution in [2.45, 2.75) is 71.9 Å². The van der Waals surface area contributed by atoms with Crippen molar-refractivity contribution in [1.29, 1.82) is 0 Å². The number of methoxy groups -OCH3 is 2. The molecule has 0 atom stereocenters. The molecule has 0 aliphatic rings. The lowest BCUT2D eigenvalue weighted by Gasteiger charge is -2.26. The van der Waals surface area contributed by atoms with Crippen LogP contribution in [-0.4, -0.2) is 38.7 Å². The Balaban J connectivity index is 2.67. The molecular weight excluding hydrogens is 336 g/mol. The first kappa shape index (κ1) is 20.4. The summed E-state index contributed by atoms with van der Waals surface area (Å²) in [4.78, 5) is 30.3. The lowest BCUT2D eigenvalue weighted by Crippen LogP contribution is -2.41. The van der Waals surface area contributed by atoms with Crippen LogP contribution < -0.4 is 11.2 Å². The van der Waals surface area contributed by atoms with Gasteiger partial charge in [0.25, 0.3) is 5.56 Å². The second kappa shape index (κ2) is 8.64. The highest BCUT2D eigenvalue weighted by molar-refractivity contribution is 5.70. The Bertz CT molecular complexity index is 845. The second-order valence-corrected chi connectivity index (χ2v) is 6.68. The summed E-state index contributed by atoms with van der Waals surface area (Å²) in [5.74, 6) is -0.890. The Labute approximate surface area is 153 Å². The number of hydrogen-bond donors (Lipinski definition) is 0. The molecule has 0 amide bonds. The molecule has 0 aliphatic heterocycles. The van der Waals surface area contributed by atoms with Crippen molar-refractivity contribution < 1.29 is 9.47 Å². The third kappa shape index (κ3) is 3.91. The van der Waals surface area contributed by atoms with Crippen LogP contribution in [0, 0.1) is 0 Å². The van der Waals surface area contributed by atoms with E-state index in [1.807, 2.05) is 6.92 Å². The fraction of sp³-hybridized carbons (Fsp3) is 0.722. The van der Waals surface area contributed by atoms with Crippen molar-refractivity contribution in [3.05, 3.63) is 27.2 Å². The molecular formula is C18H30N4O4. The summed E-state index contributed by atoms with van der Waals surface area (Å²) in [6.07, 6.45) is 5.06.